The summed E-state index contributed by atoms with van der Waals surface area (Å²) < 4.78 is 0. The summed E-state index contributed by atoms with van der Waals surface area (Å²) in [7, 11) is 0. The number of benzene rings is 3. The molecule has 0 radical (unpaired) electrons. The molecule has 2 aliphatic rings. The van der Waals surface area contributed by atoms with Crippen molar-refractivity contribution in [3.63, 3.8) is 0 Å². The standard InChI is InChI=1S/C30H27N3O5/c1-2-17-11-13-19(14-12-17)33-27(35)24-25(28(33)36)30(29(37)38,32-26(24)21-8-4-6-10-23(21)34)15-18-16-31-22-9-5-3-7-20(18)22/h3-14,16,24-26,31-32,34H,2,15H2,1H3,(H,37,38). The number of anilines is 1. The zero-order chi connectivity index (χ0) is 26.6. The highest BCUT2D eigenvalue weighted by Gasteiger charge is 2.69. The number of aromatic nitrogens is 1. The van der Waals surface area contributed by atoms with Gasteiger partial charge in [0.15, 0.2) is 0 Å². The molecule has 8 nitrogen and oxygen atoms in total. The van der Waals surface area contributed by atoms with E-state index in [1.54, 1.807) is 36.5 Å². The van der Waals surface area contributed by atoms with Crippen LogP contribution in [0.5, 0.6) is 5.75 Å². The Balaban J connectivity index is 1.51. The van der Waals surface area contributed by atoms with Crippen LogP contribution in [0.25, 0.3) is 10.9 Å². The molecular weight excluding hydrogens is 482 g/mol. The largest absolute Gasteiger partial charge is 0.508 e. The van der Waals surface area contributed by atoms with Crippen molar-refractivity contribution in [3.05, 3.63) is 95.7 Å². The number of fused-ring (bicyclic) bond motifs is 2. The van der Waals surface area contributed by atoms with Gasteiger partial charge in [-0.05, 0) is 41.8 Å². The third-order valence-electron chi connectivity index (χ3n) is 8.05. The number of aryl methyl sites for hydroxylation is 1. The van der Waals surface area contributed by atoms with Crippen LogP contribution in [0.2, 0.25) is 0 Å². The molecule has 3 heterocycles. The topological polar surface area (TPSA) is 123 Å². The van der Waals surface area contributed by atoms with Gasteiger partial charge in [-0.3, -0.25) is 19.7 Å². The molecule has 2 aliphatic heterocycles. The van der Waals surface area contributed by atoms with Crippen molar-refractivity contribution < 1.29 is 24.6 Å². The number of imide groups is 1. The number of carboxylic acid groups (broad SMARTS) is 1. The van der Waals surface area contributed by atoms with E-state index in [0.717, 1.165) is 33.4 Å². The first-order valence-corrected chi connectivity index (χ1v) is 12.7. The molecule has 6 rings (SSSR count). The van der Waals surface area contributed by atoms with Crippen LogP contribution in [0.4, 0.5) is 5.69 Å². The molecule has 192 valence electrons. The molecule has 0 aliphatic carbocycles. The zero-order valence-electron chi connectivity index (χ0n) is 20.7. The number of carbonyl (C=O) groups excluding carboxylic acids is 2. The molecule has 0 bridgehead atoms. The van der Waals surface area contributed by atoms with Gasteiger partial charge in [0.05, 0.1) is 17.5 Å². The first-order chi connectivity index (χ1) is 18.4. The van der Waals surface area contributed by atoms with Crippen LogP contribution in [0.15, 0.2) is 79.0 Å². The highest BCUT2D eigenvalue weighted by molar-refractivity contribution is 6.24. The Hall–Kier alpha value is -4.43. The van der Waals surface area contributed by atoms with Gasteiger partial charge in [0.1, 0.15) is 11.3 Å². The lowest BCUT2D eigenvalue weighted by Gasteiger charge is -2.31. The summed E-state index contributed by atoms with van der Waals surface area (Å²) in [5.41, 5.74) is 1.64. The van der Waals surface area contributed by atoms with Gasteiger partial charge in [-0.1, -0.05) is 55.5 Å². The van der Waals surface area contributed by atoms with E-state index >= 15 is 0 Å². The number of nitrogens with one attached hydrogen (secondary N) is 2. The molecule has 8 heteroatoms. The van der Waals surface area contributed by atoms with Crippen molar-refractivity contribution in [2.24, 2.45) is 11.8 Å². The summed E-state index contributed by atoms with van der Waals surface area (Å²) in [5.74, 6) is -4.52. The Morgan fingerprint density at radius 2 is 1.68 bits per heavy atom. The number of H-pyrrole nitrogens is 1. The zero-order valence-corrected chi connectivity index (χ0v) is 20.7. The van der Waals surface area contributed by atoms with Gasteiger partial charge in [-0.15, -0.1) is 0 Å². The molecule has 2 amide bonds. The van der Waals surface area contributed by atoms with Crippen LogP contribution in [0.1, 0.15) is 29.7 Å². The lowest BCUT2D eigenvalue weighted by molar-refractivity contribution is -0.148. The summed E-state index contributed by atoms with van der Waals surface area (Å²) in [6, 6.07) is 20.4. The van der Waals surface area contributed by atoms with Gasteiger partial charge in [0.2, 0.25) is 11.8 Å². The smallest absolute Gasteiger partial charge is 0.325 e. The molecule has 4 unspecified atom stereocenters. The summed E-state index contributed by atoms with van der Waals surface area (Å²) in [5, 5.41) is 25.4. The minimum absolute atomic E-state index is 0.0285. The minimum Gasteiger partial charge on any atom is -0.508 e. The Bertz CT molecular complexity index is 1580. The van der Waals surface area contributed by atoms with Gasteiger partial charge in [-0.25, -0.2) is 4.90 Å². The number of para-hydroxylation sites is 2. The fourth-order valence-corrected chi connectivity index (χ4v) is 6.17. The van der Waals surface area contributed by atoms with Crippen LogP contribution in [-0.2, 0) is 27.2 Å². The van der Waals surface area contributed by atoms with Crippen molar-refractivity contribution in [3.8, 4) is 5.75 Å². The predicted octanol–water partition coefficient (Wildman–Crippen LogP) is 3.95. The molecular formula is C30H27N3O5. The van der Waals surface area contributed by atoms with Gasteiger partial charge >= 0.3 is 5.97 Å². The fourth-order valence-electron chi connectivity index (χ4n) is 6.17. The molecule has 0 saturated carbocycles. The van der Waals surface area contributed by atoms with Crippen molar-refractivity contribution >= 4 is 34.4 Å². The number of carbonyl (C=O) groups is 3. The Labute approximate surface area is 218 Å². The van der Waals surface area contributed by atoms with E-state index in [1.165, 1.54) is 6.07 Å². The molecule has 2 saturated heterocycles. The average molecular weight is 510 g/mol. The van der Waals surface area contributed by atoms with Gasteiger partial charge in [-0.2, -0.15) is 0 Å². The number of amides is 2. The molecule has 4 atom stereocenters. The monoisotopic (exact) mass is 509 g/mol. The maximum Gasteiger partial charge on any atom is 0.325 e. The number of nitrogens with zero attached hydrogens (tertiary/aromatic N) is 1. The summed E-state index contributed by atoms with van der Waals surface area (Å²) in [6.07, 6.45) is 2.53. The van der Waals surface area contributed by atoms with Crippen LogP contribution < -0.4 is 10.2 Å². The minimum atomic E-state index is -1.78. The normalized spacial score (nSPS) is 24.8. The lowest BCUT2D eigenvalue weighted by atomic mass is 9.76. The summed E-state index contributed by atoms with van der Waals surface area (Å²) >= 11 is 0. The van der Waals surface area contributed by atoms with Crippen LogP contribution in [0.3, 0.4) is 0 Å². The van der Waals surface area contributed by atoms with E-state index in [0.29, 0.717) is 11.3 Å². The van der Waals surface area contributed by atoms with E-state index in [2.05, 4.69) is 10.3 Å². The highest BCUT2D eigenvalue weighted by atomic mass is 16.4. The maximum atomic E-state index is 14.1. The number of carboxylic acids is 1. The van der Waals surface area contributed by atoms with E-state index in [4.69, 9.17) is 0 Å². The van der Waals surface area contributed by atoms with Crippen molar-refractivity contribution in [1.82, 2.24) is 10.3 Å². The number of rotatable bonds is 6. The molecule has 2 fully saturated rings. The number of aliphatic carboxylic acids is 1. The number of phenolic OH excluding ortho intramolecular Hbond substituents is 1. The van der Waals surface area contributed by atoms with Crippen LogP contribution in [-0.4, -0.2) is 38.5 Å². The van der Waals surface area contributed by atoms with Gasteiger partial charge < -0.3 is 15.2 Å². The molecule has 4 aromatic rings. The summed E-state index contributed by atoms with van der Waals surface area (Å²) in [6.45, 7) is 2.01. The SMILES string of the molecule is CCc1ccc(N2C(=O)C3C(c4ccccc4O)NC(Cc4c[nH]c5ccccc45)(C(=O)O)C3C2=O)cc1. The van der Waals surface area contributed by atoms with Gasteiger partial charge in [0, 0.05) is 35.1 Å². The van der Waals surface area contributed by atoms with Crippen molar-refractivity contribution in [2.75, 3.05) is 4.90 Å². The molecule has 4 N–H and O–H groups in total. The van der Waals surface area contributed by atoms with E-state index in [-0.39, 0.29) is 12.2 Å². The average Bonchev–Trinajstić information content (AvgIpc) is 3.57. The first kappa shape index (κ1) is 23.9. The molecule has 0 spiro atoms. The number of hydrogen-bond acceptors (Lipinski definition) is 5. The Morgan fingerprint density at radius 3 is 2.39 bits per heavy atom. The van der Waals surface area contributed by atoms with Crippen molar-refractivity contribution in [1.29, 1.82) is 0 Å². The number of hydrogen-bond donors (Lipinski definition) is 4. The second-order valence-corrected chi connectivity index (χ2v) is 10.0. The van der Waals surface area contributed by atoms with E-state index in [1.807, 2.05) is 43.3 Å². The number of phenols is 1. The van der Waals surface area contributed by atoms with Crippen LogP contribution >= 0.6 is 0 Å². The van der Waals surface area contributed by atoms with E-state index in [9.17, 15) is 24.6 Å². The predicted molar refractivity (Wildman–Crippen MR) is 142 cm³/mol. The molecule has 1 aromatic heterocycles. The first-order valence-electron chi connectivity index (χ1n) is 12.7. The lowest BCUT2D eigenvalue weighted by Crippen LogP contribution is -2.57. The highest BCUT2D eigenvalue weighted by Crippen LogP contribution is 2.52. The molecule has 38 heavy (non-hydrogen) atoms. The second kappa shape index (κ2) is 8.85. The van der Waals surface area contributed by atoms with Crippen molar-refractivity contribution in [2.45, 2.75) is 31.3 Å². The number of aromatic amines is 1. The summed E-state index contributed by atoms with van der Waals surface area (Å²) in [4.78, 5) is 45.5. The third kappa shape index (κ3) is 3.44. The quantitative estimate of drug-likeness (QED) is 0.292. The number of aromatic hydroxyl groups is 1. The Morgan fingerprint density at radius 1 is 0.974 bits per heavy atom. The van der Waals surface area contributed by atoms with Crippen LogP contribution in [0, 0.1) is 11.8 Å². The second-order valence-electron chi connectivity index (χ2n) is 10.0. The fraction of sp³-hybridized carbons (Fsp3) is 0.233. The maximum absolute atomic E-state index is 14.1. The van der Waals surface area contributed by atoms with Gasteiger partial charge in [0.25, 0.3) is 0 Å². The van der Waals surface area contributed by atoms with E-state index < -0.39 is 41.2 Å². The third-order valence-corrected chi connectivity index (χ3v) is 8.05. The Kier molecular flexibility index (Phi) is 5.57. The molecule has 3 aromatic carbocycles.